The van der Waals surface area contributed by atoms with Gasteiger partial charge < -0.3 is 14.6 Å². The molecule has 0 bridgehead atoms. The van der Waals surface area contributed by atoms with E-state index in [-0.39, 0.29) is 6.61 Å². The number of aliphatic imine (C=N–C) groups is 1. The average molecular weight is 327 g/mol. The Morgan fingerprint density at radius 3 is 2.21 bits per heavy atom. The Hall–Kier alpha value is -2.33. The van der Waals surface area contributed by atoms with Gasteiger partial charge in [0.15, 0.2) is 0 Å². The third kappa shape index (κ3) is 6.42. The van der Waals surface area contributed by atoms with Crippen LogP contribution in [0.25, 0.3) is 0 Å². The zero-order chi connectivity index (χ0) is 17.0. The average Bonchev–Trinajstić information content (AvgIpc) is 2.64. The summed E-state index contributed by atoms with van der Waals surface area (Å²) in [6.45, 7) is 0.991. The predicted molar refractivity (Wildman–Crippen MR) is 97.7 cm³/mol. The van der Waals surface area contributed by atoms with E-state index in [1.165, 1.54) is 0 Å². The van der Waals surface area contributed by atoms with Crippen molar-refractivity contribution in [1.29, 1.82) is 0 Å². The molecular formula is C20H25NO3. The Kier molecular flexibility index (Phi) is 7.84. The lowest BCUT2D eigenvalue weighted by Crippen LogP contribution is -1.97. The Morgan fingerprint density at radius 1 is 0.875 bits per heavy atom. The minimum atomic E-state index is 0.278. The van der Waals surface area contributed by atoms with Gasteiger partial charge in [0.05, 0.1) is 19.4 Å². The van der Waals surface area contributed by atoms with Gasteiger partial charge in [0.25, 0.3) is 0 Å². The van der Waals surface area contributed by atoms with Crippen LogP contribution in [-0.2, 0) is 0 Å². The summed E-state index contributed by atoms with van der Waals surface area (Å²) in [6, 6.07) is 15.5. The van der Waals surface area contributed by atoms with Crippen molar-refractivity contribution in [2.45, 2.75) is 25.7 Å². The van der Waals surface area contributed by atoms with Gasteiger partial charge in [-0.2, -0.15) is 0 Å². The van der Waals surface area contributed by atoms with Crippen molar-refractivity contribution >= 4 is 11.9 Å². The van der Waals surface area contributed by atoms with Gasteiger partial charge in [-0.3, -0.25) is 4.99 Å². The van der Waals surface area contributed by atoms with E-state index in [9.17, 15) is 0 Å². The van der Waals surface area contributed by atoms with Crippen molar-refractivity contribution in [2.24, 2.45) is 4.99 Å². The number of aliphatic hydroxyl groups is 1. The molecule has 0 amide bonds. The van der Waals surface area contributed by atoms with Gasteiger partial charge in [0.1, 0.15) is 11.5 Å². The van der Waals surface area contributed by atoms with E-state index in [1.807, 2.05) is 54.7 Å². The van der Waals surface area contributed by atoms with E-state index >= 15 is 0 Å². The summed E-state index contributed by atoms with van der Waals surface area (Å²) < 4.78 is 10.8. The van der Waals surface area contributed by atoms with Crippen LogP contribution in [0, 0.1) is 0 Å². The molecule has 4 heteroatoms. The molecule has 0 saturated carbocycles. The largest absolute Gasteiger partial charge is 0.497 e. The van der Waals surface area contributed by atoms with Gasteiger partial charge in [-0.05, 0) is 73.4 Å². The summed E-state index contributed by atoms with van der Waals surface area (Å²) in [6.07, 6.45) is 5.87. The first-order valence-corrected chi connectivity index (χ1v) is 8.33. The van der Waals surface area contributed by atoms with Gasteiger partial charge >= 0.3 is 0 Å². The molecule has 0 aliphatic heterocycles. The number of unbranched alkanes of at least 4 members (excludes halogenated alkanes) is 3. The number of methoxy groups -OCH3 is 1. The molecule has 0 atom stereocenters. The number of rotatable bonds is 10. The minimum absolute atomic E-state index is 0.278. The highest BCUT2D eigenvalue weighted by molar-refractivity contribution is 5.82. The molecule has 0 fully saturated rings. The third-order valence-corrected chi connectivity index (χ3v) is 3.64. The molecule has 0 aliphatic rings. The normalized spacial score (nSPS) is 10.9. The second-order valence-corrected chi connectivity index (χ2v) is 5.51. The molecule has 1 N–H and O–H groups in total. The Morgan fingerprint density at radius 2 is 1.54 bits per heavy atom. The molecule has 0 aromatic heterocycles. The van der Waals surface area contributed by atoms with Crippen LogP contribution in [0.15, 0.2) is 53.5 Å². The zero-order valence-corrected chi connectivity index (χ0v) is 14.1. The maximum Gasteiger partial charge on any atom is 0.119 e. The van der Waals surface area contributed by atoms with Gasteiger partial charge in [-0.1, -0.05) is 6.42 Å². The van der Waals surface area contributed by atoms with Crippen LogP contribution in [0.3, 0.4) is 0 Å². The highest BCUT2D eigenvalue weighted by Crippen LogP contribution is 2.18. The molecule has 24 heavy (non-hydrogen) atoms. The smallest absolute Gasteiger partial charge is 0.119 e. The van der Waals surface area contributed by atoms with E-state index in [4.69, 9.17) is 14.6 Å². The maximum atomic E-state index is 8.72. The van der Waals surface area contributed by atoms with Crippen molar-refractivity contribution in [2.75, 3.05) is 20.3 Å². The molecular weight excluding hydrogens is 302 g/mol. The van der Waals surface area contributed by atoms with E-state index in [0.29, 0.717) is 6.61 Å². The Labute approximate surface area is 143 Å². The van der Waals surface area contributed by atoms with Gasteiger partial charge in [0.2, 0.25) is 0 Å². The fourth-order valence-corrected chi connectivity index (χ4v) is 2.22. The number of hydrogen-bond acceptors (Lipinski definition) is 4. The van der Waals surface area contributed by atoms with Crippen LogP contribution in [0.2, 0.25) is 0 Å². The Balaban J connectivity index is 1.77. The number of ether oxygens (including phenoxy) is 2. The number of aliphatic hydroxyl groups excluding tert-OH is 1. The third-order valence-electron chi connectivity index (χ3n) is 3.64. The maximum absolute atomic E-state index is 8.72. The quantitative estimate of drug-likeness (QED) is 0.520. The first-order valence-electron chi connectivity index (χ1n) is 8.33. The van der Waals surface area contributed by atoms with E-state index in [0.717, 1.165) is 48.4 Å². The standard InChI is InChI=1S/C20H25NO3/c1-23-19-12-8-18(9-13-19)21-16-17-6-10-20(11-7-17)24-15-5-3-2-4-14-22/h6-13,16,22H,2-5,14-15H2,1H3. The lowest BCUT2D eigenvalue weighted by Gasteiger charge is -2.06. The lowest BCUT2D eigenvalue weighted by molar-refractivity contribution is 0.273. The SMILES string of the molecule is COc1ccc(N=Cc2ccc(OCCCCCCO)cc2)cc1. The summed E-state index contributed by atoms with van der Waals surface area (Å²) in [5.41, 5.74) is 1.92. The molecule has 0 unspecified atom stereocenters. The van der Waals surface area contributed by atoms with Crippen LogP contribution < -0.4 is 9.47 Å². The van der Waals surface area contributed by atoms with Crippen molar-refractivity contribution in [3.05, 3.63) is 54.1 Å². The van der Waals surface area contributed by atoms with Crippen LogP contribution in [0.5, 0.6) is 11.5 Å². The van der Waals surface area contributed by atoms with Crippen molar-refractivity contribution in [1.82, 2.24) is 0 Å². The fourth-order valence-electron chi connectivity index (χ4n) is 2.22. The molecule has 0 spiro atoms. The van der Waals surface area contributed by atoms with Crippen LogP contribution in [0.4, 0.5) is 5.69 Å². The molecule has 0 heterocycles. The van der Waals surface area contributed by atoms with Gasteiger partial charge in [0, 0.05) is 12.8 Å². The van der Waals surface area contributed by atoms with Gasteiger partial charge in [-0.15, -0.1) is 0 Å². The summed E-state index contributed by atoms with van der Waals surface area (Å²) in [5, 5.41) is 8.72. The molecule has 128 valence electrons. The fraction of sp³-hybridized carbons (Fsp3) is 0.350. The molecule has 2 aromatic carbocycles. The topological polar surface area (TPSA) is 51.0 Å². The van der Waals surface area contributed by atoms with Crippen molar-refractivity contribution in [3.8, 4) is 11.5 Å². The number of benzene rings is 2. The second-order valence-electron chi connectivity index (χ2n) is 5.51. The number of nitrogens with zero attached hydrogens (tertiary/aromatic N) is 1. The highest BCUT2D eigenvalue weighted by Gasteiger charge is 1.96. The van der Waals surface area contributed by atoms with Crippen LogP contribution in [0.1, 0.15) is 31.2 Å². The lowest BCUT2D eigenvalue weighted by atomic mass is 10.2. The van der Waals surface area contributed by atoms with Crippen LogP contribution in [-0.4, -0.2) is 31.6 Å². The van der Waals surface area contributed by atoms with Crippen LogP contribution >= 0.6 is 0 Å². The summed E-state index contributed by atoms with van der Waals surface area (Å²) in [5.74, 6) is 1.70. The summed E-state index contributed by atoms with van der Waals surface area (Å²) >= 11 is 0. The van der Waals surface area contributed by atoms with E-state index in [2.05, 4.69) is 4.99 Å². The molecule has 0 saturated heterocycles. The molecule has 2 aromatic rings. The first kappa shape index (κ1) is 18.0. The first-order chi connectivity index (χ1) is 11.8. The van der Waals surface area contributed by atoms with Crippen molar-refractivity contribution < 1.29 is 14.6 Å². The highest BCUT2D eigenvalue weighted by atomic mass is 16.5. The zero-order valence-electron chi connectivity index (χ0n) is 14.1. The molecule has 0 radical (unpaired) electrons. The summed E-state index contributed by atoms with van der Waals surface area (Å²) in [7, 11) is 1.65. The second kappa shape index (κ2) is 10.4. The Bertz CT molecular complexity index is 606. The number of hydrogen-bond donors (Lipinski definition) is 1. The monoisotopic (exact) mass is 327 g/mol. The minimum Gasteiger partial charge on any atom is -0.497 e. The van der Waals surface area contributed by atoms with Gasteiger partial charge in [-0.25, -0.2) is 0 Å². The van der Waals surface area contributed by atoms with E-state index < -0.39 is 0 Å². The molecule has 2 rings (SSSR count). The summed E-state index contributed by atoms with van der Waals surface area (Å²) in [4.78, 5) is 4.44. The predicted octanol–water partition coefficient (Wildman–Crippen LogP) is 4.38. The van der Waals surface area contributed by atoms with E-state index in [1.54, 1.807) is 7.11 Å². The molecule has 0 aliphatic carbocycles. The van der Waals surface area contributed by atoms with Crippen molar-refractivity contribution in [3.63, 3.8) is 0 Å². The molecule has 4 nitrogen and oxygen atoms in total.